The van der Waals surface area contributed by atoms with Gasteiger partial charge in [0.15, 0.2) is 0 Å². The molecule has 124 valence electrons. The maximum absolute atomic E-state index is 11.0. The van der Waals surface area contributed by atoms with Gasteiger partial charge in [0.1, 0.15) is 0 Å². The van der Waals surface area contributed by atoms with Gasteiger partial charge in [-0.05, 0) is 57.3 Å². The van der Waals surface area contributed by atoms with Gasteiger partial charge in [-0.15, -0.1) is 0 Å². The van der Waals surface area contributed by atoms with Crippen molar-refractivity contribution < 1.29 is 9.84 Å². The van der Waals surface area contributed by atoms with Gasteiger partial charge in [-0.1, -0.05) is 44.6 Å². The summed E-state index contributed by atoms with van der Waals surface area (Å²) in [6.07, 6.45) is 8.93. The highest BCUT2D eigenvalue weighted by Gasteiger charge is 2.52. The van der Waals surface area contributed by atoms with Gasteiger partial charge in [0.05, 0.1) is 17.3 Å². The van der Waals surface area contributed by atoms with E-state index in [9.17, 15) is 5.11 Å². The summed E-state index contributed by atoms with van der Waals surface area (Å²) in [5.74, 6) is 1.23. The van der Waals surface area contributed by atoms with Gasteiger partial charge in [0.2, 0.25) is 0 Å². The summed E-state index contributed by atoms with van der Waals surface area (Å²) >= 11 is 0. The zero-order valence-corrected chi connectivity index (χ0v) is 14.7. The molecule has 5 atom stereocenters. The van der Waals surface area contributed by atoms with E-state index >= 15 is 0 Å². The highest BCUT2D eigenvalue weighted by Crippen LogP contribution is 2.51. The van der Waals surface area contributed by atoms with Crippen molar-refractivity contribution in [3.63, 3.8) is 0 Å². The van der Waals surface area contributed by atoms with Crippen LogP contribution in [0.15, 0.2) is 23.8 Å². The van der Waals surface area contributed by atoms with Crippen LogP contribution in [-0.2, 0) is 4.74 Å². The molecule has 2 nitrogen and oxygen atoms in total. The smallest absolute Gasteiger partial charge is 0.0923 e. The summed E-state index contributed by atoms with van der Waals surface area (Å²) < 4.78 is 6.00. The van der Waals surface area contributed by atoms with E-state index in [1.54, 1.807) is 0 Å². The molecule has 3 rings (SSSR count). The fraction of sp³-hybridized carbons (Fsp3) is 0.800. The van der Waals surface area contributed by atoms with Crippen molar-refractivity contribution in [1.29, 1.82) is 0 Å². The van der Waals surface area contributed by atoms with E-state index < -0.39 is 5.60 Å². The maximum Gasteiger partial charge on any atom is 0.0923 e. The second-order valence-electron chi connectivity index (χ2n) is 8.62. The molecule has 0 bridgehead atoms. The Morgan fingerprint density at radius 3 is 2.73 bits per heavy atom. The maximum atomic E-state index is 11.0. The van der Waals surface area contributed by atoms with Gasteiger partial charge >= 0.3 is 0 Å². The number of rotatable bonds is 1. The predicted octanol–water partition coefficient (Wildman–Crippen LogP) is 4.63. The minimum Gasteiger partial charge on any atom is -0.389 e. The van der Waals surface area contributed by atoms with Crippen LogP contribution in [0.25, 0.3) is 0 Å². The van der Waals surface area contributed by atoms with Crippen molar-refractivity contribution in [2.45, 2.75) is 83.5 Å². The zero-order valence-electron chi connectivity index (χ0n) is 14.7. The molecule has 1 saturated heterocycles. The molecule has 0 aromatic rings. The lowest BCUT2D eigenvalue weighted by molar-refractivity contribution is -0.0517. The van der Waals surface area contributed by atoms with E-state index in [1.165, 1.54) is 11.1 Å². The van der Waals surface area contributed by atoms with Crippen molar-refractivity contribution in [3.05, 3.63) is 23.8 Å². The fourth-order valence-corrected chi connectivity index (χ4v) is 4.52. The first-order chi connectivity index (χ1) is 10.2. The van der Waals surface area contributed by atoms with Crippen LogP contribution < -0.4 is 0 Å². The molecule has 1 saturated carbocycles. The summed E-state index contributed by atoms with van der Waals surface area (Å²) in [6.45, 7) is 13.2. The Bertz CT molecular complexity index is 492. The third-order valence-electron chi connectivity index (χ3n) is 6.24. The number of hydrogen-bond acceptors (Lipinski definition) is 2. The van der Waals surface area contributed by atoms with Crippen molar-refractivity contribution >= 4 is 0 Å². The van der Waals surface area contributed by atoms with Crippen LogP contribution in [0.5, 0.6) is 0 Å². The minimum absolute atomic E-state index is 0.0970. The molecule has 0 amide bonds. The first-order valence-electron chi connectivity index (χ1n) is 9.02. The molecule has 3 aliphatic rings. The summed E-state index contributed by atoms with van der Waals surface area (Å²) in [4.78, 5) is 0. The molecular weight excluding hydrogens is 272 g/mol. The molecule has 0 spiro atoms. The second kappa shape index (κ2) is 5.49. The van der Waals surface area contributed by atoms with Crippen LogP contribution in [0.4, 0.5) is 0 Å². The average molecular weight is 304 g/mol. The van der Waals surface area contributed by atoms with Crippen LogP contribution >= 0.6 is 0 Å². The lowest BCUT2D eigenvalue weighted by atomic mass is 9.61. The van der Waals surface area contributed by atoms with E-state index in [1.807, 2.05) is 0 Å². The third kappa shape index (κ3) is 2.92. The Hall–Kier alpha value is -0.600. The average Bonchev–Trinajstić information content (AvgIpc) is 3.05. The van der Waals surface area contributed by atoms with Gasteiger partial charge in [-0.25, -0.2) is 0 Å². The van der Waals surface area contributed by atoms with E-state index in [0.29, 0.717) is 17.9 Å². The number of fused-ring (bicyclic) bond motifs is 2. The van der Waals surface area contributed by atoms with Crippen molar-refractivity contribution in [2.24, 2.45) is 17.8 Å². The summed E-state index contributed by atoms with van der Waals surface area (Å²) in [7, 11) is 0. The van der Waals surface area contributed by atoms with Gasteiger partial charge in [0.25, 0.3) is 0 Å². The van der Waals surface area contributed by atoms with E-state index in [-0.39, 0.29) is 11.5 Å². The van der Waals surface area contributed by atoms with E-state index in [0.717, 1.165) is 38.5 Å². The SMILES string of the molecule is C=C1C[C@]2(O)C[C@@H](C)CC[C@H]3O[C@]3(C)CC/C(C(C)C)=C/[C@@H]12. The first-order valence-corrected chi connectivity index (χ1v) is 9.02. The molecule has 2 fully saturated rings. The highest BCUT2D eigenvalue weighted by molar-refractivity contribution is 5.31. The Labute approximate surface area is 135 Å². The number of hydrogen-bond donors (Lipinski definition) is 1. The standard InChI is InChI=1S/C20H32O2/c1-13(2)16-8-9-19(5)18(22-19)7-6-14(3)11-20(21)12-15(4)17(20)10-16/h10,13-14,17-18,21H,4,6-9,11-12H2,1-3,5H3/b16-10-/t14-,17-,18+,19+,20+/m0/s1. The number of epoxide rings is 1. The summed E-state index contributed by atoms with van der Waals surface area (Å²) in [5.41, 5.74) is 2.22. The molecule has 1 N–H and O–H groups in total. The largest absolute Gasteiger partial charge is 0.389 e. The van der Waals surface area contributed by atoms with Gasteiger partial charge in [-0.2, -0.15) is 0 Å². The second-order valence-corrected chi connectivity index (χ2v) is 8.62. The van der Waals surface area contributed by atoms with Crippen LogP contribution in [0, 0.1) is 17.8 Å². The quantitative estimate of drug-likeness (QED) is 0.566. The zero-order chi connectivity index (χ0) is 16.1. The van der Waals surface area contributed by atoms with Crippen molar-refractivity contribution in [1.82, 2.24) is 0 Å². The van der Waals surface area contributed by atoms with Crippen molar-refractivity contribution in [2.75, 3.05) is 0 Å². The molecule has 2 heteroatoms. The Balaban J connectivity index is 1.85. The van der Waals surface area contributed by atoms with Crippen LogP contribution in [0.3, 0.4) is 0 Å². The number of allylic oxidation sites excluding steroid dienone is 1. The fourth-order valence-electron chi connectivity index (χ4n) is 4.52. The molecule has 1 heterocycles. The van der Waals surface area contributed by atoms with Crippen LogP contribution in [0.1, 0.15) is 66.2 Å². The summed E-state index contributed by atoms with van der Waals surface area (Å²) in [6, 6.07) is 0. The molecule has 2 aliphatic carbocycles. The predicted molar refractivity (Wildman–Crippen MR) is 90.6 cm³/mol. The number of aliphatic hydroxyl groups is 1. The van der Waals surface area contributed by atoms with Crippen LogP contribution in [-0.4, -0.2) is 22.4 Å². The Morgan fingerprint density at radius 2 is 2.09 bits per heavy atom. The topological polar surface area (TPSA) is 32.8 Å². The lowest BCUT2D eigenvalue weighted by Crippen LogP contribution is -2.49. The normalized spacial score (nSPS) is 48.2. The molecule has 22 heavy (non-hydrogen) atoms. The van der Waals surface area contributed by atoms with Gasteiger partial charge < -0.3 is 9.84 Å². The van der Waals surface area contributed by atoms with Gasteiger partial charge in [0, 0.05) is 5.92 Å². The van der Waals surface area contributed by atoms with E-state index in [2.05, 4.69) is 40.3 Å². The molecule has 0 aromatic carbocycles. The number of ether oxygens (including phenoxy) is 1. The monoisotopic (exact) mass is 304 g/mol. The van der Waals surface area contributed by atoms with Crippen LogP contribution in [0.2, 0.25) is 0 Å². The minimum atomic E-state index is -0.552. The molecule has 0 radical (unpaired) electrons. The Kier molecular flexibility index (Phi) is 4.06. The van der Waals surface area contributed by atoms with Gasteiger partial charge in [-0.3, -0.25) is 0 Å². The first kappa shape index (κ1) is 16.3. The molecule has 1 aliphatic heterocycles. The third-order valence-corrected chi connectivity index (χ3v) is 6.24. The highest BCUT2D eigenvalue weighted by atomic mass is 16.6. The molecular formula is C20H32O2. The van der Waals surface area contributed by atoms with Crippen molar-refractivity contribution in [3.8, 4) is 0 Å². The van der Waals surface area contributed by atoms with E-state index in [4.69, 9.17) is 4.74 Å². The Morgan fingerprint density at radius 1 is 1.36 bits per heavy atom. The lowest BCUT2D eigenvalue weighted by Gasteiger charge is -2.48. The molecule has 0 aromatic heterocycles. The molecule has 0 unspecified atom stereocenters. The summed E-state index contributed by atoms with van der Waals surface area (Å²) in [5, 5.41) is 11.0.